The van der Waals surface area contributed by atoms with Crippen molar-refractivity contribution >= 4 is 20.9 Å². The first-order valence-electron chi connectivity index (χ1n) is 15.4. The molecule has 0 spiro atoms. The molecule has 0 aromatic heterocycles. The predicted molar refractivity (Wildman–Crippen MR) is 182 cm³/mol. The zero-order valence-corrected chi connectivity index (χ0v) is 25.6. The zero-order chi connectivity index (χ0) is 28.5. The molecule has 2 aliphatic carbocycles. The second-order valence-electron chi connectivity index (χ2n) is 11.6. The quantitative estimate of drug-likeness (QED) is 0.166. The largest absolute Gasteiger partial charge is 0.0794 e. The summed E-state index contributed by atoms with van der Waals surface area (Å²) >= 11 is 0. The number of hydrogen-bond donors (Lipinski definition) is 0. The van der Waals surface area contributed by atoms with Crippen LogP contribution in [0.2, 0.25) is 0 Å². The molecule has 1 heteroatoms. The molecule has 2 aliphatic rings. The van der Waals surface area contributed by atoms with Gasteiger partial charge in [-0.2, -0.15) is 0 Å². The molecule has 0 nitrogen and oxygen atoms in total. The molecule has 0 saturated carbocycles. The van der Waals surface area contributed by atoms with Crippen molar-refractivity contribution < 1.29 is 0 Å². The first-order chi connectivity index (χ1) is 20.8. The average Bonchev–Trinajstić information content (AvgIpc) is 3.63. The molecule has 0 saturated heterocycles. The van der Waals surface area contributed by atoms with Gasteiger partial charge in [0.05, 0.1) is 8.80 Å². The highest BCUT2D eigenvalue weighted by Crippen LogP contribution is 2.51. The highest BCUT2D eigenvalue weighted by atomic mass is 28.3. The van der Waals surface area contributed by atoms with E-state index in [9.17, 15) is 0 Å². The Hall–Kier alpha value is -4.20. The SMILES string of the molecule is CCC1=Cc2c(-c3ccccc3)cccc2C1[Si](Cc1ccccc1)C1C(CC)=Cc2c(-c3ccccc3)cccc21. The summed E-state index contributed by atoms with van der Waals surface area (Å²) in [6, 6.07) is 48.5. The number of fused-ring (bicyclic) bond motifs is 2. The van der Waals surface area contributed by atoms with E-state index in [0.29, 0.717) is 11.1 Å². The van der Waals surface area contributed by atoms with E-state index in [1.165, 1.54) is 38.9 Å². The van der Waals surface area contributed by atoms with Crippen LogP contribution < -0.4 is 0 Å². The number of rotatable bonds is 8. The third-order valence-electron chi connectivity index (χ3n) is 9.28. The van der Waals surface area contributed by atoms with Crippen LogP contribution in [0.4, 0.5) is 0 Å². The molecule has 0 amide bonds. The van der Waals surface area contributed by atoms with E-state index in [4.69, 9.17) is 0 Å². The van der Waals surface area contributed by atoms with Gasteiger partial charge in [-0.15, -0.1) is 0 Å². The number of hydrogen-bond acceptors (Lipinski definition) is 0. The first kappa shape index (κ1) is 26.7. The normalized spacial score (nSPS) is 17.1. The van der Waals surface area contributed by atoms with Crippen LogP contribution >= 0.6 is 0 Å². The Morgan fingerprint density at radius 1 is 0.476 bits per heavy atom. The van der Waals surface area contributed by atoms with Gasteiger partial charge in [0.2, 0.25) is 0 Å². The molecule has 0 aliphatic heterocycles. The summed E-state index contributed by atoms with van der Waals surface area (Å²) in [7, 11) is -1.03. The summed E-state index contributed by atoms with van der Waals surface area (Å²) in [5.74, 6) is 0. The lowest BCUT2D eigenvalue weighted by molar-refractivity contribution is 0.908. The van der Waals surface area contributed by atoms with Crippen molar-refractivity contribution in [2.24, 2.45) is 0 Å². The average molecular weight is 558 g/mol. The van der Waals surface area contributed by atoms with Gasteiger partial charge in [-0.25, -0.2) is 0 Å². The van der Waals surface area contributed by atoms with Gasteiger partial charge in [-0.05, 0) is 63.4 Å². The van der Waals surface area contributed by atoms with Crippen molar-refractivity contribution in [1.82, 2.24) is 0 Å². The highest BCUT2D eigenvalue weighted by molar-refractivity contribution is 6.64. The third kappa shape index (κ3) is 4.72. The number of benzene rings is 5. The van der Waals surface area contributed by atoms with Crippen LogP contribution in [0.3, 0.4) is 0 Å². The van der Waals surface area contributed by atoms with Crippen molar-refractivity contribution in [3.63, 3.8) is 0 Å². The summed E-state index contributed by atoms with van der Waals surface area (Å²) in [6.45, 7) is 4.73. The van der Waals surface area contributed by atoms with Crippen molar-refractivity contribution in [2.45, 2.75) is 43.8 Å². The van der Waals surface area contributed by atoms with Gasteiger partial charge in [0.15, 0.2) is 0 Å². The second kappa shape index (κ2) is 11.6. The first-order valence-corrected chi connectivity index (χ1v) is 17.3. The molecule has 5 aromatic carbocycles. The van der Waals surface area contributed by atoms with Gasteiger partial charge in [-0.3, -0.25) is 0 Å². The monoisotopic (exact) mass is 557 g/mol. The molecular formula is C41H37Si. The summed E-state index contributed by atoms with van der Waals surface area (Å²) in [4.78, 5) is 0. The Bertz CT molecular complexity index is 1650. The summed E-state index contributed by atoms with van der Waals surface area (Å²) < 4.78 is 0. The van der Waals surface area contributed by atoms with E-state index < -0.39 is 8.80 Å². The zero-order valence-electron chi connectivity index (χ0n) is 24.6. The van der Waals surface area contributed by atoms with E-state index >= 15 is 0 Å². The second-order valence-corrected chi connectivity index (χ2v) is 14.3. The smallest absolute Gasteiger partial charge is 0.0653 e. The molecule has 7 rings (SSSR count). The molecule has 42 heavy (non-hydrogen) atoms. The van der Waals surface area contributed by atoms with Gasteiger partial charge < -0.3 is 0 Å². The standard InChI is InChI=1S/C41H37Si/c1-3-30-26-38-34(32-18-10-6-11-19-32)22-14-24-36(38)40(30)42(28-29-16-8-5-9-17-29)41-31(4-2)27-39-35(23-15-25-37(39)41)33-20-12-7-13-21-33/h5-27,40-41H,3-4,28H2,1-2H3. The van der Waals surface area contributed by atoms with Crippen LogP contribution in [-0.2, 0) is 6.04 Å². The van der Waals surface area contributed by atoms with E-state index in [0.717, 1.165) is 18.9 Å². The molecule has 205 valence electrons. The van der Waals surface area contributed by atoms with Crippen LogP contribution in [0.25, 0.3) is 34.4 Å². The van der Waals surface area contributed by atoms with E-state index in [1.807, 2.05) is 0 Å². The minimum atomic E-state index is -1.03. The maximum absolute atomic E-state index is 2.56. The maximum atomic E-state index is 2.56. The van der Waals surface area contributed by atoms with Crippen molar-refractivity contribution in [1.29, 1.82) is 0 Å². The fraction of sp³-hybridized carbons (Fsp3) is 0.171. The number of allylic oxidation sites excluding steroid dienone is 2. The van der Waals surface area contributed by atoms with Gasteiger partial charge in [0, 0.05) is 11.1 Å². The maximum Gasteiger partial charge on any atom is 0.0794 e. The van der Waals surface area contributed by atoms with Crippen molar-refractivity contribution in [3.05, 3.63) is 166 Å². The molecule has 0 heterocycles. The predicted octanol–water partition coefficient (Wildman–Crippen LogP) is 10.9. The Kier molecular flexibility index (Phi) is 7.36. The minimum Gasteiger partial charge on any atom is -0.0653 e. The summed E-state index contributed by atoms with van der Waals surface area (Å²) in [5.41, 5.74) is 17.0. The van der Waals surface area contributed by atoms with Crippen LogP contribution in [0.5, 0.6) is 0 Å². The third-order valence-corrected chi connectivity index (χ3v) is 12.9. The van der Waals surface area contributed by atoms with Crippen molar-refractivity contribution in [2.75, 3.05) is 0 Å². The molecule has 0 fully saturated rings. The Morgan fingerprint density at radius 3 is 1.33 bits per heavy atom. The van der Waals surface area contributed by atoms with Gasteiger partial charge in [-0.1, -0.05) is 170 Å². The Labute approximate surface area is 252 Å². The summed E-state index contributed by atoms with van der Waals surface area (Å²) in [6.07, 6.45) is 7.30. The molecule has 0 bridgehead atoms. The molecule has 2 unspecified atom stereocenters. The lowest BCUT2D eigenvalue weighted by Gasteiger charge is -2.33. The minimum absolute atomic E-state index is 0.477. The van der Waals surface area contributed by atoms with Crippen LogP contribution in [0, 0.1) is 0 Å². The van der Waals surface area contributed by atoms with Crippen LogP contribution in [0.1, 0.15) is 65.6 Å². The molecule has 0 N–H and O–H groups in total. The summed E-state index contributed by atoms with van der Waals surface area (Å²) in [5, 5.41) is 0. The molecule has 1 radical (unpaired) electrons. The van der Waals surface area contributed by atoms with Gasteiger partial charge in [0.1, 0.15) is 0 Å². The Morgan fingerprint density at radius 2 is 0.905 bits per heavy atom. The van der Waals surface area contributed by atoms with Crippen molar-refractivity contribution in [3.8, 4) is 22.3 Å². The topological polar surface area (TPSA) is 0 Å². The van der Waals surface area contributed by atoms with Crippen LogP contribution in [-0.4, -0.2) is 8.80 Å². The fourth-order valence-corrected chi connectivity index (χ4v) is 11.6. The van der Waals surface area contributed by atoms with Gasteiger partial charge in [0.25, 0.3) is 0 Å². The fourth-order valence-electron chi connectivity index (χ4n) is 7.36. The highest BCUT2D eigenvalue weighted by Gasteiger charge is 2.42. The van der Waals surface area contributed by atoms with Crippen LogP contribution in [0.15, 0.2) is 139 Å². The molecule has 5 aromatic rings. The van der Waals surface area contributed by atoms with E-state index in [-0.39, 0.29) is 0 Å². The van der Waals surface area contributed by atoms with E-state index in [2.05, 4.69) is 153 Å². The van der Waals surface area contributed by atoms with E-state index in [1.54, 1.807) is 22.3 Å². The Balaban J connectivity index is 1.40. The molecule has 2 atom stereocenters. The van der Waals surface area contributed by atoms with Gasteiger partial charge >= 0.3 is 0 Å². The lowest BCUT2D eigenvalue weighted by atomic mass is 9.97. The molecular weight excluding hydrogens is 521 g/mol. The lowest BCUT2D eigenvalue weighted by Crippen LogP contribution is -2.35.